The average Bonchev–Trinajstić information content (AvgIpc) is 1.69. The van der Waals surface area contributed by atoms with E-state index in [0.29, 0.717) is 12.4 Å². The largest absolute Gasteiger partial charge is 0.464 e. The van der Waals surface area contributed by atoms with Gasteiger partial charge in [0.05, 0.1) is 5.75 Å². The van der Waals surface area contributed by atoms with Gasteiger partial charge in [0.25, 0.3) is 0 Å². The summed E-state index contributed by atoms with van der Waals surface area (Å²) in [7, 11) is 0. The molecule has 1 heterocycles. The standard InChI is InChI=1S/C4H6O2S/c5-4-3-7-2-1-6-4/h1-3H2. The van der Waals surface area contributed by atoms with Crippen molar-refractivity contribution in [3.8, 4) is 0 Å². The minimum absolute atomic E-state index is 0.0729. The summed E-state index contributed by atoms with van der Waals surface area (Å²) >= 11 is 1.63. The molecule has 0 radical (unpaired) electrons. The third-order valence-electron chi connectivity index (χ3n) is 0.711. The molecular weight excluding hydrogens is 112 g/mol. The Kier molecular flexibility index (Phi) is 1.57. The molecule has 0 spiro atoms. The first-order chi connectivity index (χ1) is 3.39. The number of rotatable bonds is 0. The van der Waals surface area contributed by atoms with Crippen LogP contribution >= 0.6 is 11.8 Å². The Hall–Kier alpha value is -0.180. The van der Waals surface area contributed by atoms with Gasteiger partial charge in [0, 0.05) is 5.75 Å². The van der Waals surface area contributed by atoms with Crippen molar-refractivity contribution in [2.75, 3.05) is 18.1 Å². The van der Waals surface area contributed by atoms with Crippen molar-refractivity contribution in [2.24, 2.45) is 0 Å². The fourth-order valence-corrected chi connectivity index (χ4v) is 1.01. The molecule has 0 unspecified atom stereocenters. The SMILES string of the molecule is O=C1CSCCO1. The maximum Gasteiger partial charge on any atom is 0.315 e. The van der Waals surface area contributed by atoms with Gasteiger partial charge in [-0.15, -0.1) is 11.8 Å². The summed E-state index contributed by atoms with van der Waals surface area (Å²) in [6.45, 7) is 0.601. The van der Waals surface area contributed by atoms with Crippen LogP contribution in [0.2, 0.25) is 0 Å². The van der Waals surface area contributed by atoms with Crippen molar-refractivity contribution in [3.05, 3.63) is 0 Å². The molecule has 1 aliphatic rings. The summed E-state index contributed by atoms with van der Waals surface area (Å²) in [5, 5.41) is 0. The van der Waals surface area contributed by atoms with Gasteiger partial charge in [-0.2, -0.15) is 0 Å². The van der Waals surface area contributed by atoms with Crippen molar-refractivity contribution < 1.29 is 9.53 Å². The number of cyclic esters (lactones) is 1. The normalized spacial score (nSPS) is 21.4. The van der Waals surface area contributed by atoms with Crippen molar-refractivity contribution in [3.63, 3.8) is 0 Å². The van der Waals surface area contributed by atoms with Crippen LogP contribution in [0.1, 0.15) is 0 Å². The monoisotopic (exact) mass is 118 g/mol. The van der Waals surface area contributed by atoms with Gasteiger partial charge < -0.3 is 4.74 Å². The van der Waals surface area contributed by atoms with E-state index in [9.17, 15) is 4.79 Å². The first-order valence-corrected chi connectivity index (χ1v) is 3.28. The zero-order chi connectivity index (χ0) is 5.11. The van der Waals surface area contributed by atoms with Gasteiger partial charge in [-0.25, -0.2) is 0 Å². The van der Waals surface area contributed by atoms with E-state index in [1.807, 2.05) is 0 Å². The minimum Gasteiger partial charge on any atom is -0.464 e. The second-order valence-electron chi connectivity index (χ2n) is 1.27. The topological polar surface area (TPSA) is 26.3 Å². The molecule has 3 heteroatoms. The van der Waals surface area contributed by atoms with E-state index in [4.69, 9.17) is 0 Å². The summed E-state index contributed by atoms with van der Waals surface area (Å²) < 4.78 is 4.62. The van der Waals surface area contributed by atoms with Gasteiger partial charge in [0.2, 0.25) is 0 Å². The summed E-state index contributed by atoms with van der Waals surface area (Å²) in [6.07, 6.45) is 0. The fourth-order valence-electron chi connectivity index (χ4n) is 0.412. The van der Waals surface area contributed by atoms with Gasteiger partial charge in [-0.3, -0.25) is 4.79 Å². The Balaban J connectivity index is 2.25. The number of hydrogen-bond acceptors (Lipinski definition) is 3. The highest BCUT2D eigenvalue weighted by Crippen LogP contribution is 2.05. The number of carbonyl (C=O) groups excluding carboxylic acids is 1. The molecule has 0 aromatic heterocycles. The van der Waals surface area contributed by atoms with Gasteiger partial charge in [0.1, 0.15) is 6.61 Å². The molecule has 0 atom stereocenters. The van der Waals surface area contributed by atoms with Crippen molar-refractivity contribution in [1.82, 2.24) is 0 Å². The molecule has 7 heavy (non-hydrogen) atoms. The zero-order valence-corrected chi connectivity index (χ0v) is 4.66. The van der Waals surface area contributed by atoms with Crippen molar-refractivity contribution in [1.29, 1.82) is 0 Å². The molecule has 0 aromatic rings. The second-order valence-corrected chi connectivity index (χ2v) is 2.38. The van der Waals surface area contributed by atoms with E-state index < -0.39 is 0 Å². The lowest BCUT2D eigenvalue weighted by molar-refractivity contribution is -0.140. The summed E-state index contributed by atoms with van der Waals surface area (Å²) in [6, 6.07) is 0. The molecule has 0 aliphatic carbocycles. The quantitative estimate of drug-likeness (QED) is 0.427. The van der Waals surface area contributed by atoms with E-state index in [1.165, 1.54) is 0 Å². The van der Waals surface area contributed by atoms with Crippen molar-refractivity contribution >= 4 is 17.7 Å². The number of thioether (sulfide) groups is 1. The average molecular weight is 118 g/mol. The van der Waals surface area contributed by atoms with Crippen molar-refractivity contribution in [2.45, 2.75) is 0 Å². The lowest BCUT2D eigenvalue weighted by Gasteiger charge is -2.08. The summed E-state index contributed by atoms with van der Waals surface area (Å²) in [4.78, 5) is 10.2. The Morgan fingerprint density at radius 1 is 1.71 bits per heavy atom. The van der Waals surface area contributed by atoms with Crippen LogP contribution in [-0.2, 0) is 9.53 Å². The van der Waals surface area contributed by atoms with Crippen LogP contribution in [0.4, 0.5) is 0 Å². The summed E-state index contributed by atoms with van der Waals surface area (Å²) in [5.41, 5.74) is 0. The maximum absolute atomic E-state index is 10.2. The van der Waals surface area contributed by atoms with Gasteiger partial charge >= 0.3 is 5.97 Å². The second kappa shape index (κ2) is 2.21. The molecule has 0 aromatic carbocycles. The highest BCUT2D eigenvalue weighted by atomic mass is 32.2. The highest BCUT2D eigenvalue weighted by molar-refractivity contribution is 8.00. The molecule has 40 valence electrons. The molecule has 0 bridgehead atoms. The van der Waals surface area contributed by atoms with E-state index in [1.54, 1.807) is 11.8 Å². The van der Waals surface area contributed by atoms with Gasteiger partial charge in [0.15, 0.2) is 0 Å². The molecule has 1 fully saturated rings. The lowest BCUT2D eigenvalue weighted by atomic mass is 10.7. The molecule has 0 amide bonds. The molecular formula is C4H6O2S. The summed E-state index contributed by atoms with van der Waals surface area (Å²) in [5.74, 6) is 1.43. The predicted octanol–water partition coefficient (Wildman–Crippen LogP) is 0.276. The Morgan fingerprint density at radius 3 is 2.86 bits per heavy atom. The predicted molar refractivity (Wildman–Crippen MR) is 28.3 cm³/mol. The first-order valence-electron chi connectivity index (χ1n) is 2.13. The Morgan fingerprint density at radius 2 is 2.57 bits per heavy atom. The zero-order valence-electron chi connectivity index (χ0n) is 3.85. The lowest BCUT2D eigenvalue weighted by Crippen LogP contribution is -2.15. The molecule has 1 rings (SSSR count). The Labute approximate surface area is 46.2 Å². The number of carbonyl (C=O) groups is 1. The maximum atomic E-state index is 10.2. The molecule has 1 saturated heterocycles. The van der Waals surface area contributed by atoms with Gasteiger partial charge in [-0.1, -0.05) is 0 Å². The minimum atomic E-state index is -0.0729. The van der Waals surface area contributed by atoms with Gasteiger partial charge in [-0.05, 0) is 0 Å². The van der Waals surface area contributed by atoms with Crippen LogP contribution in [0.25, 0.3) is 0 Å². The van der Waals surface area contributed by atoms with E-state index in [-0.39, 0.29) is 5.97 Å². The third-order valence-corrected chi connectivity index (χ3v) is 1.61. The smallest absolute Gasteiger partial charge is 0.315 e. The van der Waals surface area contributed by atoms with Crippen LogP contribution in [-0.4, -0.2) is 24.1 Å². The molecule has 2 nitrogen and oxygen atoms in total. The number of ether oxygens (including phenoxy) is 1. The van der Waals surface area contributed by atoms with E-state index in [0.717, 1.165) is 5.75 Å². The first kappa shape index (κ1) is 4.97. The molecule has 1 aliphatic heterocycles. The molecule has 0 saturated carbocycles. The number of esters is 1. The third kappa shape index (κ3) is 1.39. The fraction of sp³-hybridized carbons (Fsp3) is 0.750. The number of hydrogen-bond donors (Lipinski definition) is 0. The van der Waals surface area contributed by atoms with Crippen LogP contribution < -0.4 is 0 Å². The van der Waals surface area contributed by atoms with E-state index >= 15 is 0 Å². The van der Waals surface area contributed by atoms with Crippen LogP contribution in [0.3, 0.4) is 0 Å². The van der Waals surface area contributed by atoms with E-state index in [2.05, 4.69) is 4.74 Å². The van der Waals surface area contributed by atoms with Crippen LogP contribution in [0.15, 0.2) is 0 Å². The Bertz CT molecular complexity index is 73.8. The van der Waals surface area contributed by atoms with Crippen LogP contribution in [0, 0.1) is 0 Å². The van der Waals surface area contributed by atoms with Crippen LogP contribution in [0.5, 0.6) is 0 Å². The molecule has 0 N–H and O–H groups in total. The highest BCUT2D eigenvalue weighted by Gasteiger charge is 2.07.